The number of carbonyl (C=O) groups is 1. The van der Waals surface area contributed by atoms with Gasteiger partial charge >= 0.3 is 0 Å². The molecular formula is C21H27Cl2N3O2+2. The van der Waals surface area contributed by atoms with Crippen molar-refractivity contribution >= 4 is 34.8 Å². The first-order chi connectivity index (χ1) is 13.5. The maximum absolute atomic E-state index is 12.4. The molecule has 0 radical (unpaired) electrons. The van der Waals surface area contributed by atoms with E-state index in [2.05, 4.69) is 5.32 Å². The number of rotatable bonds is 7. The third-order valence-electron chi connectivity index (χ3n) is 5.08. The number of benzene rings is 2. The number of hydrogen-bond donors (Lipinski definition) is 3. The van der Waals surface area contributed by atoms with Crippen molar-refractivity contribution in [2.45, 2.75) is 6.92 Å². The Labute approximate surface area is 176 Å². The highest BCUT2D eigenvalue weighted by Crippen LogP contribution is 2.19. The van der Waals surface area contributed by atoms with E-state index in [1.54, 1.807) is 6.07 Å². The summed E-state index contributed by atoms with van der Waals surface area (Å²) >= 11 is 11.8. The van der Waals surface area contributed by atoms with Gasteiger partial charge in [-0.05, 0) is 55.0 Å². The van der Waals surface area contributed by atoms with Gasteiger partial charge in [-0.15, -0.1) is 0 Å². The topological polar surface area (TPSA) is 47.2 Å². The lowest BCUT2D eigenvalue weighted by Gasteiger charge is -2.29. The van der Waals surface area contributed by atoms with Crippen LogP contribution in [0.5, 0.6) is 5.75 Å². The Bertz CT molecular complexity index is 791. The molecule has 7 heteroatoms. The number of anilines is 1. The van der Waals surface area contributed by atoms with Crippen LogP contribution in [0, 0.1) is 6.92 Å². The maximum atomic E-state index is 12.4. The summed E-state index contributed by atoms with van der Waals surface area (Å²) in [5.41, 5.74) is 1.81. The second-order valence-electron chi connectivity index (χ2n) is 7.24. The monoisotopic (exact) mass is 423 g/mol. The lowest BCUT2D eigenvalue weighted by Crippen LogP contribution is -3.28. The van der Waals surface area contributed by atoms with Crippen molar-refractivity contribution in [2.75, 3.05) is 51.2 Å². The van der Waals surface area contributed by atoms with Gasteiger partial charge in [0.15, 0.2) is 6.54 Å². The van der Waals surface area contributed by atoms with Gasteiger partial charge in [-0.25, -0.2) is 0 Å². The summed E-state index contributed by atoms with van der Waals surface area (Å²) in [7, 11) is 0. The predicted octanol–water partition coefficient (Wildman–Crippen LogP) is 1.10. The first-order valence-corrected chi connectivity index (χ1v) is 10.4. The number of amides is 1. The zero-order chi connectivity index (χ0) is 19.9. The van der Waals surface area contributed by atoms with E-state index in [-0.39, 0.29) is 5.91 Å². The first-order valence-electron chi connectivity index (χ1n) is 9.61. The minimum absolute atomic E-state index is 0.0509. The molecule has 0 aliphatic carbocycles. The number of hydrogen-bond acceptors (Lipinski definition) is 2. The summed E-state index contributed by atoms with van der Waals surface area (Å²) in [6.45, 7) is 8.17. The zero-order valence-electron chi connectivity index (χ0n) is 16.1. The van der Waals surface area contributed by atoms with Crippen LogP contribution in [-0.2, 0) is 4.79 Å². The summed E-state index contributed by atoms with van der Waals surface area (Å²) in [5, 5.41) is 4.39. The van der Waals surface area contributed by atoms with Crippen LogP contribution in [0.1, 0.15) is 5.56 Å². The Morgan fingerprint density at radius 2 is 1.64 bits per heavy atom. The van der Waals surface area contributed by atoms with Crippen LogP contribution >= 0.6 is 23.2 Å². The predicted molar refractivity (Wildman–Crippen MR) is 113 cm³/mol. The van der Waals surface area contributed by atoms with E-state index in [9.17, 15) is 4.79 Å². The smallest absolute Gasteiger partial charge is 0.279 e. The summed E-state index contributed by atoms with van der Waals surface area (Å²) in [6, 6.07) is 13.0. The highest BCUT2D eigenvalue weighted by Gasteiger charge is 2.24. The second kappa shape index (κ2) is 10.1. The molecule has 0 saturated carbocycles. The summed E-state index contributed by atoms with van der Waals surface area (Å²) < 4.78 is 5.78. The number of quaternary nitrogens is 2. The zero-order valence-corrected chi connectivity index (χ0v) is 17.6. The van der Waals surface area contributed by atoms with Gasteiger partial charge in [-0.2, -0.15) is 0 Å². The van der Waals surface area contributed by atoms with Gasteiger partial charge < -0.3 is 19.9 Å². The van der Waals surface area contributed by atoms with Crippen LogP contribution in [0.15, 0.2) is 42.5 Å². The standard InChI is InChI=1S/C21H25Cl2N3O2/c1-16-14-18(23)4-7-20(16)24-21(27)15-26-10-8-25(9-11-26)12-13-28-19-5-2-17(22)3-6-19/h2-7,14H,8-13,15H2,1H3,(H,24,27)/p+2. The number of carbonyl (C=O) groups excluding carboxylic acids is 1. The second-order valence-corrected chi connectivity index (χ2v) is 8.11. The number of halogens is 2. The van der Waals surface area contributed by atoms with E-state index in [1.807, 2.05) is 43.3 Å². The Morgan fingerprint density at radius 1 is 1.00 bits per heavy atom. The largest absolute Gasteiger partial charge is 0.488 e. The molecule has 1 amide bonds. The van der Waals surface area contributed by atoms with Crippen molar-refractivity contribution < 1.29 is 19.3 Å². The number of aryl methyl sites for hydroxylation is 1. The average Bonchev–Trinajstić information content (AvgIpc) is 2.67. The molecule has 0 aromatic heterocycles. The quantitative estimate of drug-likeness (QED) is 0.624. The van der Waals surface area contributed by atoms with Crippen LogP contribution in [0.2, 0.25) is 10.0 Å². The first kappa shape index (κ1) is 20.9. The van der Waals surface area contributed by atoms with Gasteiger partial charge in [0, 0.05) is 15.7 Å². The molecule has 3 N–H and O–H groups in total. The molecule has 150 valence electrons. The normalized spacial score (nSPS) is 19.2. The van der Waals surface area contributed by atoms with Crippen molar-refractivity contribution in [3.63, 3.8) is 0 Å². The Balaban J connectivity index is 1.35. The third-order valence-corrected chi connectivity index (χ3v) is 5.56. The average molecular weight is 424 g/mol. The fourth-order valence-electron chi connectivity index (χ4n) is 3.42. The molecule has 0 atom stereocenters. The lowest BCUT2D eigenvalue weighted by atomic mass is 10.2. The van der Waals surface area contributed by atoms with E-state index in [4.69, 9.17) is 27.9 Å². The molecule has 0 bridgehead atoms. The molecule has 1 saturated heterocycles. The molecule has 0 unspecified atom stereocenters. The Kier molecular flexibility index (Phi) is 7.57. The highest BCUT2D eigenvalue weighted by atomic mass is 35.5. The van der Waals surface area contributed by atoms with Gasteiger partial charge in [-0.1, -0.05) is 23.2 Å². The molecule has 1 heterocycles. The third kappa shape index (κ3) is 6.38. The van der Waals surface area contributed by atoms with Crippen LogP contribution in [-0.4, -0.2) is 51.8 Å². The van der Waals surface area contributed by atoms with Crippen LogP contribution in [0.3, 0.4) is 0 Å². The Hall–Kier alpha value is -1.79. The molecule has 2 aromatic rings. The van der Waals surface area contributed by atoms with Crippen LogP contribution in [0.4, 0.5) is 5.69 Å². The van der Waals surface area contributed by atoms with E-state index < -0.39 is 0 Å². The Morgan fingerprint density at radius 3 is 2.32 bits per heavy atom. The molecule has 1 fully saturated rings. The molecule has 5 nitrogen and oxygen atoms in total. The van der Waals surface area contributed by atoms with E-state index in [1.165, 1.54) is 9.80 Å². The lowest BCUT2D eigenvalue weighted by molar-refractivity contribution is -1.01. The van der Waals surface area contributed by atoms with E-state index >= 15 is 0 Å². The SMILES string of the molecule is Cc1cc(Cl)ccc1NC(=O)C[NH+]1CC[NH+](CCOc2ccc(Cl)cc2)CC1. The molecule has 1 aliphatic heterocycles. The van der Waals surface area contributed by atoms with Gasteiger partial charge in [0.25, 0.3) is 5.91 Å². The van der Waals surface area contributed by atoms with Gasteiger partial charge in [0.1, 0.15) is 45.1 Å². The minimum Gasteiger partial charge on any atom is -0.488 e. The van der Waals surface area contributed by atoms with E-state index in [0.29, 0.717) is 23.2 Å². The molecule has 28 heavy (non-hydrogen) atoms. The van der Waals surface area contributed by atoms with Crippen molar-refractivity contribution in [3.8, 4) is 5.75 Å². The fourth-order valence-corrected chi connectivity index (χ4v) is 3.77. The van der Waals surface area contributed by atoms with Gasteiger partial charge in [-0.3, -0.25) is 4.79 Å². The molecule has 3 rings (SSSR count). The molecule has 1 aliphatic rings. The van der Waals surface area contributed by atoms with Crippen molar-refractivity contribution in [1.82, 2.24) is 0 Å². The van der Waals surface area contributed by atoms with E-state index in [0.717, 1.165) is 49.7 Å². The van der Waals surface area contributed by atoms with Crippen molar-refractivity contribution in [1.29, 1.82) is 0 Å². The summed E-state index contributed by atoms with van der Waals surface area (Å²) in [5.74, 6) is 0.900. The van der Waals surface area contributed by atoms with Crippen LogP contribution < -0.4 is 19.9 Å². The highest BCUT2D eigenvalue weighted by molar-refractivity contribution is 6.31. The summed E-state index contributed by atoms with van der Waals surface area (Å²) in [4.78, 5) is 15.2. The minimum atomic E-state index is 0.0509. The number of piperazine rings is 1. The summed E-state index contributed by atoms with van der Waals surface area (Å²) in [6.07, 6.45) is 0. The van der Waals surface area contributed by atoms with Crippen molar-refractivity contribution in [2.24, 2.45) is 0 Å². The molecule has 0 spiro atoms. The van der Waals surface area contributed by atoms with Gasteiger partial charge in [0.2, 0.25) is 0 Å². The fraction of sp³-hybridized carbons (Fsp3) is 0.381. The maximum Gasteiger partial charge on any atom is 0.279 e. The van der Waals surface area contributed by atoms with Crippen molar-refractivity contribution in [3.05, 3.63) is 58.1 Å². The molecule has 2 aromatic carbocycles. The van der Waals surface area contributed by atoms with Gasteiger partial charge in [0.05, 0.1) is 0 Å². The molecular weight excluding hydrogens is 397 g/mol. The number of ether oxygens (including phenoxy) is 1. The number of nitrogens with one attached hydrogen (secondary N) is 3. The van der Waals surface area contributed by atoms with Crippen LogP contribution in [0.25, 0.3) is 0 Å².